The summed E-state index contributed by atoms with van der Waals surface area (Å²) in [4.78, 5) is 66.0. The van der Waals surface area contributed by atoms with Crippen molar-refractivity contribution in [1.82, 2.24) is 39.0 Å². The van der Waals surface area contributed by atoms with Gasteiger partial charge in [-0.3, -0.25) is 41.8 Å². The van der Waals surface area contributed by atoms with Crippen LogP contribution in [0, 0.1) is 0 Å². The fourth-order valence-electron chi connectivity index (χ4n) is 5.25. The van der Waals surface area contributed by atoms with Crippen molar-refractivity contribution in [2.24, 2.45) is 0 Å². The number of rotatable bonds is 2. The standard InChI is InChI=1S/C20H22FN9O12P2/c21-10-13-9(40-19(10)29-5-25-11-14(29)23-4-24-16(11)31)3-38-43(33,34)41-8-1-7(2-37-44(35,36)42-13)39-18(8)30-6-26-12-15(30)27-20(22)28-17(12)32/h4-10,13,18-19H,1-3H2,(H,33,34)(H,35,36)(H,23,24,31)(H3,22,27,28,32)/t7-,8+,9+,10-,13+,18+,19+/m0/s1. The molecule has 0 aromatic carbocycles. The minimum Gasteiger partial charge on any atom is -0.369 e. The van der Waals surface area contributed by atoms with Crippen molar-refractivity contribution < 1.29 is 50.9 Å². The zero-order chi connectivity index (χ0) is 31.0. The van der Waals surface area contributed by atoms with Gasteiger partial charge < -0.3 is 30.0 Å². The van der Waals surface area contributed by atoms with Gasteiger partial charge in [-0.1, -0.05) is 0 Å². The number of imidazole rings is 2. The molecule has 0 saturated carbocycles. The van der Waals surface area contributed by atoms with Crippen LogP contribution in [-0.4, -0.2) is 92.6 Å². The number of alkyl halides is 1. The zero-order valence-corrected chi connectivity index (χ0v) is 23.7. The van der Waals surface area contributed by atoms with Gasteiger partial charge in [-0.2, -0.15) is 4.98 Å². The van der Waals surface area contributed by atoms with E-state index in [9.17, 15) is 28.5 Å². The first kappa shape index (κ1) is 29.3. The number of phosphoric acid groups is 2. The predicted molar refractivity (Wildman–Crippen MR) is 139 cm³/mol. The fourth-order valence-corrected chi connectivity index (χ4v) is 7.15. The highest BCUT2D eigenvalue weighted by Crippen LogP contribution is 2.54. The molecular weight excluding hydrogens is 639 g/mol. The molecule has 4 aromatic rings. The Kier molecular flexibility index (Phi) is 7.05. The van der Waals surface area contributed by atoms with E-state index in [0.29, 0.717) is 0 Å². The van der Waals surface area contributed by atoms with E-state index >= 15 is 4.39 Å². The second-order valence-electron chi connectivity index (χ2n) is 9.97. The maximum atomic E-state index is 15.8. The molecule has 24 heteroatoms. The summed E-state index contributed by atoms with van der Waals surface area (Å²) in [5.74, 6) is -0.238. The number of aromatic amines is 2. The van der Waals surface area contributed by atoms with E-state index in [4.69, 9.17) is 33.3 Å². The van der Waals surface area contributed by atoms with E-state index in [1.807, 2.05) is 0 Å². The molecule has 2 bridgehead atoms. The number of nitrogens with zero attached hydrogens (tertiary/aromatic N) is 6. The van der Waals surface area contributed by atoms with Crippen LogP contribution in [0.5, 0.6) is 0 Å². The van der Waals surface area contributed by atoms with Crippen molar-refractivity contribution in [1.29, 1.82) is 0 Å². The first-order valence-corrected chi connectivity index (χ1v) is 15.8. The number of nitrogen functional groups attached to an aromatic ring is 1. The van der Waals surface area contributed by atoms with Crippen LogP contribution in [0.2, 0.25) is 0 Å². The topological polar surface area (TPSA) is 283 Å². The molecule has 0 spiro atoms. The van der Waals surface area contributed by atoms with Gasteiger partial charge in [-0.15, -0.1) is 0 Å². The minimum atomic E-state index is -5.03. The fraction of sp³-hybridized carbons (Fsp3) is 0.500. The summed E-state index contributed by atoms with van der Waals surface area (Å²) in [5.41, 5.74) is 4.04. The second-order valence-corrected chi connectivity index (χ2v) is 12.8. The van der Waals surface area contributed by atoms with E-state index in [1.165, 1.54) is 10.9 Å². The highest BCUT2D eigenvalue weighted by atomic mass is 31.2. The Balaban J connectivity index is 1.19. The average Bonchev–Trinajstić information content (AvgIpc) is 3.72. The van der Waals surface area contributed by atoms with E-state index in [1.54, 1.807) is 0 Å². The molecule has 0 aliphatic carbocycles. The Labute approximate surface area is 242 Å². The maximum absolute atomic E-state index is 15.8. The van der Waals surface area contributed by atoms with E-state index in [0.717, 1.165) is 17.2 Å². The molecular formula is C20H22FN9O12P2. The molecule has 2 unspecified atom stereocenters. The number of fused-ring (bicyclic) bond motifs is 5. The van der Waals surface area contributed by atoms with Gasteiger partial charge in [0, 0.05) is 6.42 Å². The number of nitrogens with two attached hydrogens (primary N) is 1. The zero-order valence-electron chi connectivity index (χ0n) is 21.9. The molecule has 0 radical (unpaired) electrons. The third-order valence-electron chi connectivity index (χ3n) is 7.13. The quantitative estimate of drug-likeness (QED) is 0.167. The van der Waals surface area contributed by atoms with E-state index in [2.05, 4.69) is 29.9 Å². The summed E-state index contributed by atoms with van der Waals surface area (Å²) in [5, 5.41) is 0. The van der Waals surface area contributed by atoms with Gasteiger partial charge in [0.15, 0.2) is 41.0 Å². The molecule has 6 N–H and O–H groups in total. The highest BCUT2D eigenvalue weighted by molar-refractivity contribution is 7.47. The van der Waals surface area contributed by atoms with Gasteiger partial charge >= 0.3 is 15.6 Å². The Bertz CT molecular complexity index is 1970. The smallest absolute Gasteiger partial charge is 0.369 e. The molecule has 7 heterocycles. The molecule has 7 rings (SSSR count). The van der Waals surface area contributed by atoms with Crippen LogP contribution in [0.15, 0.2) is 28.6 Å². The highest BCUT2D eigenvalue weighted by Gasteiger charge is 2.52. The summed E-state index contributed by atoms with van der Waals surface area (Å²) >= 11 is 0. The number of hydrogen-bond donors (Lipinski definition) is 5. The van der Waals surface area contributed by atoms with Gasteiger partial charge in [0.1, 0.15) is 18.3 Å². The third-order valence-corrected chi connectivity index (χ3v) is 9.12. The molecule has 0 amide bonds. The number of halogens is 1. The maximum Gasteiger partial charge on any atom is 0.472 e. The number of anilines is 1. The molecule has 236 valence electrons. The summed E-state index contributed by atoms with van der Waals surface area (Å²) in [6.45, 7) is -1.47. The minimum absolute atomic E-state index is 0.0388. The van der Waals surface area contributed by atoms with Crippen LogP contribution in [0.3, 0.4) is 0 Å². The van der Waals surface area contributed by atoms with Crippen molar-refractivity contribution in [3.05, 3.63) is 39.7 Å². The largest absolute Gasteiger partial charge is 0.472 e. The first-order valence-electron chi connectivity index (χ1n) is 12.8. The van der Waals surface area contributed by atoms with E-state index < -0.39 is 83.0 Å². The summed E-state index contributed by atoms with van der Waals surface area (Å²) in [7, 11) is -10.0. The number of nitrogens with one attached hydrogen (secondary N) is 2. The Morgan fingerprint density at radius 1 is 0.909 bits per heavy atom. The number of hydrogen-bond acceptors (Lipinski definition) is 15. The van der Waals surface area contributed by atoms with Gasteiger partial charge in [0.2, 0.25) is 5.95 Å². The third kappa shape index (κ3) is 5.17. The monoisotopic (exact) mass is 661 g/mol. The molecule has 9 atom stereocenters. The van der Waals surface area contributed by atoms with Gasteiger partial charge in [-0.25, -0.2) is 28.5 Å². The van der Waals surface area contributed by atoms with Gasteiger partial charge in [0.05, 0.1) is 38.3 Å². The molecule has 4 aromatic heterocycles. The number of phosphoric ester groups is 2. The van der Waals surface area contributed by atoms with Crippen LogP contribution in [0.25, 0.3) is 22.3 Å². The second kappa shape index (κ2) is 10.6. The van der Waals surface area contributed by atoms with Crippen LogP contribution < -0.4 is 16.9 Å². The lowest BCUT2D eigenvalue weighted by Crippen LogP contribution is -2.34. The predicted octanol–water partition coefficient (Wildman–Crippen LogP) is -0.624. The summed E-state index contributed by atoms with van der Waals surface area (Å²) in [6, 6.07) is 0. The van der Waals surface area contributed by atoms with Crippen molar-refractivity contribution in [3.63, 3.8) is 0 Å². The lowest BCUT2D eigenvalue weighted by molar-refractivity contribution is -0.0668. The summed E-state index contributed by atoms with van der Waals surface area (Å²) < 4.78 is 76.5. The number of H-pyrrole nitrogens is 2. The SMILES string of the molecule is Nc1nc2c(ncn2[C@@H]2O[C@@H]3COP(=O)(O)O[C@H]4[C@H](F)[C@H](n5cnc6c(=O)[nH]cnc65)O[C@@H]4COP(=O)(O)O[C@@H]2C3)c(=O)[nH]1. The molecule has 21 nitrogen and oxygen atoms in total. The molecule has 44 heavy (non-hydrogen) atoms. The Morgan fingerprint density at radius 3 is 2.36 bits per heavy atom. The van der Waals surface area contributed by atoms with Gasteiger partial charge in [-0.05, 0) is 0 Å². The van der Waals surface area contributed by atoms with Crippen molar-refractivity contribution in [2.75, 3.05) is 18.9 Å². The Morgan fingerprint density at radius 2 is 1.59 bits per heavy atom. The lowest BCUT2D eigenvalue weighted by atomic mass is 10.1. The average molecular weight is 661 g/mol. The van der Waals surface area contributed by atoms with Gasteiger partial charge in [0.25, 0.3) is 11.1 Å². The Hall–Kier alpha value is -3.43. The molecule has 3 aliphatic heterocycles. The van der Waals surface area contributed by atoms with Crippen LogP contribution in [0.1, 0.15) is 18.9 Å². The molecule has 3 saturated heterocycles. The molecule has 3 aliphatic rings. The number of ether oxygens (including phenoxy) is 2. The lowest BCUT2D eigenvalue weighted by Gasteiger charge is -2.25. The van der Waals surface area contributed by atoms with Crippen LogP contribution >= 0.6 is 15.6 Å². The summed E-state index contributed by atoms with van der Waals surface area (Å²) in [6.07, 6.45) is -7.69. The van der Waals surface area contributed by atoms with E-state index in [-0.39, 0.29) is 34.7 Å². The molecule has 3 fully saturated rings. The first-order chi connectivity index (χ1) is 20.9. The van der Waals surface area contributed by atoms with Crippen LogP contribution in [0.4, 0.5) is 10.3 Å². The number of aromatic nitrogens is 8. The van der Waals surface area contributed by atoms with Crippen LogP contribution in [-0.2, 0) is 36.7 Å². The van der Waals surface area contributed by atoms with Crippen molar-refractivity contribution in [2.45, 2.75) is 49.5 Å². The van der Waals surface area contributed by atoms with Crippen molar-refractivity contribution >= 4 is 43.9 Å². The van der Waals surface area contributed by atoms with Crippen molar-refractivity contribution in [3.8, 4) is 0 Å². The normalized spacial score (nSPS) is 36.6.